The summed E-state index contributed by atoms with van der Waals surface area (Å²) in [6.45, 7) is 2.55. The molecule has 1 saturated carbocycles. The van der Waals surface area contributed by atoms with E-state index in [1.54, 1.807) is 35.5 Å². The van der Waals surface area contributed by atoms with Crippen molar-refractivity contribution in [3.63, 3.8) is 0 Å². The van der Waals surface area contributed by atoms with E-state index >= 15 is 0 Å². The second-order valence-electron chi connectivity index (χ2n) is 7.98. The van der Waals surface area contributed by atoms with E-state index in [0.717, 1.165) is 43.0 Å². The highest BCUT2D eigenvalue weighted by molar-refractivity contribution is 5.57. The average molecular weight is 388 g/mol. The molecule has 4 heterocycles. The van der Waals surface area contributed by atoms with Gasteiger partial charge in [0.05, 0.1) is 5.69 Å². The van der Waals surface area contributed by atoms with Crippen LogP contribution in [0.4, 0.5) is 5.82 Å². The lowest BCUT2D eigenvalue weighted by atomic mass is 9.97. The molecule has 0 aromatic carbocycles. The van der Waals surface area contributed by atoms with E-state index < -0.39 is 0 Å². The van der Waals surface area contributed by atoms with E-state index in [1.165, 1.54) is 18.5 Å². The first kappa shape index (κ1) is 18.0. The lowest BCUT2D eigenvalue weighted by Gasteiger charge is -2.32. The summed E-state index contributed by atoms with van der Waals surface area (Å²) in [5.74, 6) is 2.11. The predicted octanol–water partition coefficient (Wildman–Crippen LogP) is 2.89. The molecular formula is C22H24N6O. The standard InChI is InChI=1S/C22H24N6O/c29-22-4-3-19(18-5-9-23-10-6-18)26-28(22)14-16-7-11-27(12-8-16)21-13-20(17-1-2-17)24-15-25-21/h3-6,9-10,13,15-17H,1-2,7-8,11-12,14H2. The van der Waals surface area contributed by atoms with Crippen molar-refractivity contribution in [3.05, 3.63) is 65.1 Å². The monoisotopic (exact) mass is 388 g/mol. The van der Waals surface area contributed by atoms with Crippen LogP contribution in [-0.2, 0) is 6.54 Å². The third-order valence-electron chi connectivity index (χ3n) is 5.88. The lowest BCUT2D eigenvalue weighted by Crippen LogP contribution is -2.37. The minimum Gasteiger partial charge on any atom is -0.356 e. The second-order valence-corrected chi connectivity index (χ2v) is 7.98. The van der Waals surface area contributed by atoms with Gasteiger partial charge in [-0.1, -0.05) is 0 Å². The third kappa shape index (κ3) is 4.04. The van der Waals surface area contributed by atoms with Crippen LogP contribution in [-0.4, -0.2) is 37.8 Å². The molecule has 148 valence electrons. The maximum absolute atomic E-state index is 12.3. The highest BCUT2D eigenvalue weighted by Crippen LogP contribution is 2.39. The normalized spacial score (nSPS) is 17.4. The minimum absolute atomic E-state index is 0.0462. The molecule has 0 amide bonds. The molecule has 29 heavy (non-hydrogen) atoms. The topological polar surface area (TPSA) is 76.8 Å². The van der Waals surface area contributed by atoms with E-state index in [-0.39, 0.29) is 5.56 Å². The van der Waals surface area contributed by atoms with Crippen LogP contribution >= 0.6 is 0 Å². The summed E-state index contributed by atoms with van der Waals surface area (Å²) in [6.07, 6.45) is 9.72. The van der Waals surface area contributed by atoms with Gasteiger partial charge in [0.2, 0.25) is 0 Å². The summed E-state index contributed by atoms with van der Waals surface area (Å²) in [6, 6.07) is 9.37. The summed E-state index contributed by atoms with van der Waals surface area (Å²) in [5.41, 5.74) is 2.91. The number of nitrogens with zero attached hydrogens (tertiary/aromatic N) is 6. The summed E-state index contributed by atoms with van der Waals surface area (Å²) >= 11 is 0. The predicted molar refractivity (Wildman–Crippen MR) is 111 cm³/mol. The summed E-state index contributed by atoms with van der Waals surface area (Å²) < 4.78 is 1.62. The Morgan fingerprint density at radius 3 is 2.52 bits per heavy atom. The molecule has 0 atom stereocenters. The largest absolute Gasteiger partial charge is 0.356 e. The number of piperidine rings is 1. The van der Waals surface area contributed by atoms with Gasteiger partial charge in [-0.2, -0.15) is 5.10 Å². The van der Waals surface area contributed by atoms with E-state index in [2.05, 4.69) is 31.0 Å². The minimum atomic E-state index is -0.0462. The molecule has 7 heteroatoms. The Morgan fingerprint density at radius 1 is 0.966 bits per heavy atom. The van der Waals surface area contributed by atoms with Gasteiger partial charge in [-0.3, -0.25) is 9.78 Å². The first-order valence-electron chi connectivity index (χ1n) is 10.3. The zero-order valence-corrected chi connectivity index (χ0v) is 16.3. The van der Waals surface area contributed by atoms with Gasteiger partial charge in [0.15, 0.2) is 0 Å². The second kappa shape index (κ2) is 7.73. The molecule has 0 N–H and O–H groups in total. The zero-order chi connectivity index (χ0) is 19.6. The smallest absolute Gasteiger partial charge is 0.266 e. The van der Waals surface area contributed by atoms with E-state index in [0.29, 0.717) is 18.4 Å². The van der Waals surface area contributed by atoms with Crippen LogP contribution in [0.15, 0.2) is 53.8 Å². The Bertz CT molecular complexity index is 1040. The lowest BCUT2D eigenvalue weighted by molar-refractivity contribution is 0.335. The van der Waals surface area contributed by atoms with Crippen molar-refractivity contribution in [2.45, 2.75) is 38.1 Å². The molecule has 3 aromatic rings. The fraction of sp³-hybridized carbons (Fsp3) is 0.409. The SMILES string of the molecule is O=c1ccc(-c2ccncc2)nn1CC1CCN(c2cc(C3CC3)ncn2)CC1. The maximum Gasteiger partial charge on any atom is 0.266 e. The molecule has 1 saturated heterocycles. The molecule has 1 aliphatic heterocycles. The number of aromatic nitrogens is 5. The van der Waals surface area contributed by atoms with E-state index in [9.17, 15) is 4.79 Å². The van der Waals surface area contributed by atoms with Crippen LogP contribution in [0.5, 0.6) is 0 Å². The Labute approximate surface area is 169 Å². The Hall–Kier alpha value is -3.09. The molecule has 5 rings (SSSR count). The maximum atomic E-state index is 12.3. The van der Waals surface area contributed by atoms with Crippen molar-refractivity contribution >= 4 is 5.82 Å². The number of hydrogen-bond acceptors (Lipinski definition) is 6. The Kier molecular flexibility index (Phi) is 4.79. The van der Waals surface area contributed by atoms with Gasteiger partial charge >= 0.3 is 0 Å². The Balaban J connectivity index is 1.25. The highest BCUT2D eigenvalue weighted by Gasteiger charge is 2.27. The van der Waals surface area contributed by atoms with Gasteiger partial charge in [-0.25, -0.2) is 14.6 Å². The highest BCUT2D eigenvalue weighted by atomic mass is 16.1. The molecule has 3 aromatic heterocycles. The van der Waals surface area contributed by atoms with Crippen molar-refractivity contribution in [2.24, 2.45) is 5.92 Å². The quantitative estimate of drug-likeness (QED) is 0.669. The molecule has 1 aliphatic carbocycles. The molecule has 2 aliphatic rings. The van der Waals surface area contributed by atoms with Crippen molar-refractivity contribution in [2.75, 3.05) is 18.0 Å². The van der Waals surface area contributed by atoms with Crippen LogP contribution in [0.2, 0.25) is 0 Å². The van der Waals surface area contributed by atoms with Crippen LogP contribution in [0.3, 0.4) is 0 Å². The van der Waals surface area contributed by atoms with Crippen molar-refractivity contribution in [1.82, 2.24) is 24.7 Å². The first-order valence-corrected chi connectivity index (χ1v) is 10.3. The molecule has 0 spiro atoms. The average Bonchev–Trinajstić information content (AvgIpc) is 3.62. The van der Waals surface area contributed by atoms with E-state index in [1.807, 2.05) is 12.1 Å². The van der Waals surface area contributed by atoms with Crippen molar-refractivity contribution in [3.8, 4) is 11.3 Å². The summed E-state index contributed by atoms with van der Waals surface area (Å²) in [5, 5.41) is 4.59. The van der Waals surface area contributed by atoms with Gasteiger partial charge in [0.1, 0.15) is 12.1 Å². The van der Waals surface area contributed by atoms with Crippen LogP contribution in [0.25, 0.3) is 11.3 Å². The molecule has 0 radical (unpaired) electrons. The molecule has 7 nitrogen and oxygen atoms in total. The fourth-order valence-electron chi connectivity index (χ4n) is 3.98. The van der Waals surface area contributed by atoms with Gasteiger partial charge in [-0.05, 0) is 49.8 Å². The summed E-state index contributed by atoms with van der Waals surface area (Å²) in [4.78, 5) is 27.6. The van der Waals surface area contributed by atoms with Crippen LogP contribution in [0, 0.1) is 5.92 Å². The van der Waals surface area contributed by atoms with Crippen molar-refractivity contribution < 1.29 is 0 Å². The van der Waals surface area contributed by atoms with Gasteiger partial charge in [0, 0.05) is 61.3 Å². The number of rotatable bonds is 5. The van der Waals surface area contributed by atoms with E-state index in [4.69, 9.17) is 0 Å². The molecule has 0 unspecified atom stereocenters. The number of hydrogen-bond donors (Lipinski definition) is 0. The van der Waals surface area contributed by atoms with Gasteiger partial charge in [0.25, 0.3) is 5.56 Å². The molecular weight excluding hydrogens is 364 g/mol. The molecule has 2 fully saturated rings. The molecule has 0 bridgehead atoms. The van der Waals surface area contributed by atoms with Crippen molar-refractivity contribution in [1.29, 1.82) is 0 Å². The number of anilines is 1. The number of pyridine rings is 1. The van der Waals surface area contributed by atoms with Gasteiger partial charge in [-0.15, -0.1) is 0 Å². The Morgan fingerprint density at radius 2 is 1.76 bits per heavy atom. The summed E-state index contributed by atoms with van der Waals surface area (Å²) in [7, 11) is 0. The zero-order valence-electron chi connectivity index (χ0n) is 16.3. The van der Waals surface area contributed by atoms with Gasteiger partial charge < -0.3 is 4.90 Å². The fourth-order valence-corrected chi connectivity index (χ4v) is 3.98. The first-order chi connectivity index (χ1) is 14.3. The third-order valence-corrected chi connectivity index (χ3v) is 5.88. The van der Waals surface area contributed by atoms with Crippen LogP contribution in [0.1, 0.15) is 37.3 Å². The van der Waals surface area contributed by atoms with Crippen LogP contribution < -0.4 is 10.5 Å².